The zero-order chi connectivity index (χ0) is 18.6. The monoisotopic (exact) mass is 351 g/mol. The molecule has 1 N–H and O–H groups in total. The SMILES string of the molecule is COc1ccc(CCC(=O)N(C2CC2)C(C)C(=O)O)c(OC)c1OC. The van der Waals surface area contributed by atoms with Gasteiger partial charge in [-0.3, -0.25) is 4.79 Å². The van der Waals surface area contributed by atoms with Crippen LogP contribution in [0.2, 0.25) is 0 Å². The predicted molar refractivity (Wildman–Crippen MR) is 91.4 cm³/mol. The number of nitrogens with zero attached hydrogens (tertiary/aromatic N) is 1. The number of carbonyl (C=O) groups excluding carboxylic acids is 1. The molecule has 138 valence electrons. The van der Waals surface area contributed by atoms with E-state index in [1.54, 1.807) is 20.1 Å². The Bertz CT molecular complexity index is 641. The summed E-state index contributed by atoms with van der Waals surface area (Å²) < 4.78 is 16.0. The van der Waals surface area contributed by atoms with E-state index < -0.39 is 12.0 Å². The van der Waals surface area contributed by atoms with Crippen molar-refractivity contribution in [3.63, 3.8) is 0 Å². The van der Waals surface area contributed by atoms with E-state index in [9.17, 15) is 14.7 Å². The van der Waals surface area contributed by atoms with Crippen molar-refractivity contribution in [2.75, 3.05) is 21.3 Å². The van der Waals surface area contributed by atoms with Gasteiger partial charge in [0.2, 0.25) is 11.7 Å². The van der Waals surface area contributed by atoms with Crippen LogP contribution in [-0.4, -0.2) is 55.3 Å². The van der Waals surface area contributed by atoms with Gasteiger partial charge in [-0.25, -0.2) is 4.79 Å². The van der Waals surface area contributed by atoms with Crippen LogP contribution in [0.1, 0.15) is 31.7 Å². The minimum absolute atomic E-state index is 0.0471. The van der Waals surface area contributed by atoms with E-state index >= 15 is 0 Å². The molecule has 0 radical (unpaired) electrons. The van der Waals surface area contributed by atoms with E-state index in [0.29, 0.717) is 23.7 Å². The van der Waals surface area contributed by atoms with Gasteiger partial charge in [0.25, 0.3) is 0 Å². The number of aliphatic carboxylic acids is 1. The second-order valence-electron chi connectivity index (χ2n) is 6.04. The molecule has 1 saturated carbocycles. The Morgan fingerprint density at radius 2 is 1.80 bits per heavy atom. The van der Waals surface area contributed by atoms with Gasteiger partial charge in [0, 0.05) is 12.5 Å². The van der Waals surface area contributed by atoms with Crippen LogP contribution in [0.25, 0.3) is 0 Å². The van der Waals surface area contributed by atoms with Crippen LogP contribution < -0.4 is 14.2 Å². The first-order valence-electron chi connectivity index (χ1n) is 8.26. The number of carbonyl (C=O) groups is 2. The molecule has 7 nitrogen and oxygen atoms in total. The summed E-state index contributed by atoms with van der Waals surface area (Å²) in [6, 6.07) is 2.83. The lowest BCUT2D eigenvalue weighted by molar-refractivity contribution is -0.150. The number of hydrogen-bond donors (Lipinski definition) is 1. The summed E-state index contributed by atoms with van der Waals surface area (Å²) in [5, 5.41) is 9.23. The summed E-state index contributed by atoms with van der Waals surface area (Å²) >= 11 is 0. The van der Waals surface area contributed by atoms with E-state index in [4.69, 9.17) is 14.2 Å². The van der Waals surface area contributed by atoms with Gasteiger partial charge in [-0.15, -0.1) is 0 Å². The smallest absolute Gasteiger partial charge is 0.326 e. The maximum absolute atomic E-state index is 12.6. The molecule has 7 heteroatoms. The lowest BCUT2D eigenvalue weighted by Crippen LogP contribution is -2.44. The standard InChI is InChI=1S/C18H25NO6/c1-11(18(21)22)19(13-7-8-13)15(20)10-6-12-5-9-14(23-2)17(25-4)16(12)24-3/h5,9,11,13H,6-8,10H2,1-4H3,(H,21,22). The number of carboxylic acids is 1. The first-order chi connectivity index (χ1) is 11.9. The van der Waals surface area contributed by atoms with Gasteiger partial charge in [-0.05, 0) is 37.8 Å². The molecule has 1 amide bonds. The van der Waals surface area contributed by atoms with Crippen LogP contribution in [0.15, 0.2) is 12.1 Å². The number of benzene rings is 1. The normalized spacial score (nSPS) is 14.6. The molecular formula is C18H25NO6. The third-order valence-corrected chi connectivity index (χ3v) is 4.40. The van der Waals surface area contributed by atoms with Crippen LogP contribution in [-0.2, 0) is 16.0 Å². The highest BCUT2D eigenvalue weighted by Crippen LogP contribution is 2.40. The maximum atomic E-state index is 12.6. The number of methoxy groups -OCH3 is 3. The average Bonchev–Trinajstić information content (AvgIpc) is 3.43. The summed E-state index contributed by atoms with van der Waals surface area (Å²) in [4.78, 5) is 25.3. The van der Waals surface area contributed by atoms with Crippen molar-refractivity contribution in [1.82, 2.24) is 4.90 Å². The summed E-state index contributed by atoms with van der Waals surface area (Å²) in [5.41, 5.74) is 0.812. The lowest BCUT2D eigenvalue weighted by Gasteiger charge is -2.26. The van der Waals surface area contributed by atoms with Crippen LogP contribution >= 0.6 is 0 Å². The molecule has 2 rings (SSSR count). The van der Waals surface area contributed by atoms with E-state index in [0.717, 1.165) is 18.4 Å². The fraction of sp³-hybridized carbons (Fsp3) is 0.556. The largest absolute Gasteiger partial charge is 0.493 e. The third-order valence-electron chi connectivity index (χ3n) is 4.40. The minimum Gasteiger partial charge on any atom is -0.493 e. The highest BCUT2D eigenvalue weighted by molar-refractivity contribution is 5.84. The fourth-order valence-corrected chi connectivity index (χ4v) is 2.94. The Morgan fingerprint density at radius 3 is 2.28 bits per heavy atom. The van der Waals surface area contributed by atoms with E-state index in [1.807, 2.05) is 6.07 Å². The van der Waals surface area contributed by atoms with Crippen LogP contribution in [0.5, 0.6) is 17.2 Å². The van der Waals surface area contributed by atoms with Crippen molar-refractivity contribution in [2.24, 2.45) is 0 Å². The number of aryl methyl sites for hydroxylation is 1. The lowest BCUT2D eigenvalue weighted by atomic mass is 10.1. The molecule has 1 unspecified atom stereocenters. The van der Waals surface area contributed by atoms with Crippen molar-refractivity contribution in [1.29, 1.82) is 0 Å². The van der Waals surface area contributed by atoms with E-state index in [1.165, 1.54) is 19.1 Å². The van der Waals surface area contributed by atoms with Gasteiger partial charge in [-0.1, -0.05) is 6.07 Å². The van der Waals surface area contributed by atoms with Gasteiger partial charge in [0.05, 0.1) is 21.3 Å². The molecule has 0 aromatic heterocycles. The fourth-order valence-electron chi connectivity index (χ4n) is 2.94. The maximum Gasteiger partial charge on any atom is 0.326 e. The van der Waals surface area contributed by atoms with E-state index in [-0.39, 0.29) is 18.4 Å². The number of amides is 1. The Hall–Kier alpha value is -2.44. The topological polar surface area (TPSA) is 85.3 Å². The number of carboxylic acid groups (broad SMARTS) is 1. The first kappa shape index (κ1) is 18.9. The van der Waals surface area contributed by atoms with Crippen LogP contribution in [0.3, 0.4) is 0 Å². The summed E-state index contributed by atoms with van der Waals surface area (Å²) in [6.45, 7) is 1.55. The summed E-state index contributed by atoms with van der Waals surface area (Å²) in [6.07, 6.45) is 2.37. The minimum atomic E-state index is -0.982. The predicted octanol–water partition coefficient (Wildman–Crippen LogP) is 2.11. The highest BCUT2D eigenvalue weighted by Gasteiger charge is 2.38. The van der Waals surface area contributed by atoms with Crippen molar-refractivity contribution in [3.8, 4) is 17.2 Å². The average molecular weight is 351 g/mol. The Labute approximate surface area is 147 Å². The summed E-state index contributed by atoms with van der Waals surface area (Å²) in [5.74, 6) is 0.415. The molecule has 1 aliphatic rings. The first-order valence-corrected chi connectivity index (χ1v) is 8.26. The van der Waals surface area contributed by atoms with Gasteiger partial charge in [0.15, 0.2) is 11.5 Å². The molecule has 0 spiro atoms. The molecule has 0 saturated heterocycles. The number of hydrogen-bond acceptors (Lipinski definition) is 5. The quantitative estimate of drug-likeness (QED) is 0.733. The second-order valence-corrected chi connectivity index (χ2v) is 6.04. The Kier molecular flexibility index (Phi) is 6.12. The molecule has 25 heavy (non-hydrogen) atoms. The summed E-state index contributed by atoms with van der Waals surface area (Å²) in [7, 11) is 4.60. The van der Waals surface area contributed by atoms with Crippen molar-refractivity contribution >= 4 is 11.9 Å². The third kappa shape index (κ3) is 4.15. The molecule has 0 bridgehead atoms. The highest BCUT2D eigenvalue weighted by atomic mass is 16.5. The second kappa shape index (κ2) is 8.09. The molecule has 1 aliphatic carbocycles. The van der Waals surface area contributed by atoms with E-state index in [2.05, 4.69) is 0 Å². The molecule has 1 aromatic carbocycles. The molecule has 0 aliphatic heterocycles. The van der Waals surface area contributed by atoms with Gasteiger partial charge < -0.3 is 24.2 Å². The number of ether oxygens (including phenoxy) is 3. The van der Waals surface area contributed by atoms with Gasteiger partial charge in [0.1, 0.15) is 6.04 Å². The molecule has 1 fully saturated rings. The zero-order valence-corrected chi connectivity index (χ0v) is 15.1. The van der Waals surface area contributed by atoms with Crippen molar-refractivity contribution < 1.29 is 28.9 Å². The molecule has 1 aromatic rings. The zero-order valence-electron chi connectivity index (χ0n) is 15.1. The van der Waals surface area contributed by atoms with Gasteiger partial charge in [-0.2, -0.15) is 0 Å². The Balaban J connectivity index is 2.14. The molecule has 1 atom stereocenters. The van der Waals surface area contributed by atoms with Crippen LogP contribution in [0, 0.1) is 0 Å². The molecular weight excluding hydrogens is 326 g/mol. The van der Waals surface area contributed by atoms with Gasteiger partial charge >= 0.3 is 5.97 Å². The number of rotatable bonds is 9. The van der Waals surface area contributed by atoms with Crippen LogP contribution in [0.4, 0.5) is 0 Å². The van der Waals surface area contributed by atoms with Crippen molar-refractivity contribution in [2.45, 2.75) is 44.7 Å². The van der Waals surface area contributed by atoms with Crippen molar-refractivity contribution in [3.05, 3.63) is 17.7 Å². The molecule has 0 heterocycles. The Morgan fingerprint density at radius 1 is 1.16 bits per heavy atom.